The minimum absolute atomic E-state index is 0.0680. The van der Waals surface area contributed by atoms with Gasteiger partial charge >= 0.3 is 5.97 Å². The smallest absolute Gasteiger partial charge is 0.305 e. The van der Waals surface area contributed by atoms with Gasteiger partial charge in [-0.1, -0.05) is 84.3 Å². The van der Waals surface area contributed by atoms with Crippen LogP contribution in [0.3, 0.4) is 0 Å². The molecular formula is C49H94O17. The number of unbranched alkanes of at least 4 members (excludes halogenated alkanes) is 11. The van der Waals surface area contributed by atoms with Gasteiger partial charge in [0.05, 0.1) is 111 Å². The van der Waals surface area contributed by atoms with E-state index in [1.165, 1.54) is 44.9 Å². The van der Waals surface area contributed by atoms with Crippen molar-refractivity contribution in [2.75, 3.05) is 119 Å². The van der Waals surface area contributed by atoms with E-state index in [9.17, 15) is 30.3 Å². The lowest BCUT2D eigenvalue weighted by molar-refractivity contribution is -0.173. The maximum absolute atomic E-state index is 12.3. The molecule has 8 unspecified atom stereocenters. The largest absolute Gasteiger partial charge is 0.463 e. The van der Waals surface area contributed by atoms with Crippen LogP contribution in [0.25, 0.3) is 0 Å². The quantitative estimate of drug-likeness (QED) is 0.0312. The van der Waals surface area contributed by atoms with E-state index < -0.39 is 36.6 Å². The molecule has 17 heteroatoms. The molecule has 1 aliphatic rings. The molecule has 17 nitrogen and oxygen atoms in total. The molecule has 1 aliphatic heterocycles. The van der Waals surface area contributed by atoms with Gasteiger partial charge in [-0.05, 0) is 51.4 Å². The Kier molecular flexibility index (Phi) is 43.7. The summed E-state index contributed by atoms with van der Waals surface area (Å²) in [5.74, 6) is -0.330. The average Bonchev–Trinajstić information content (AvgIpc) is 3.33. The minimum Gasteiger partial charge on any atom is -0.463 e. The molecule has 392 valence electrons. The predicted octanol–water partition coefficient (Wildman–Crippen LogP) is 4.87. The van der Waals surface area contributed by atoms with E-state index >= 15 is 0 Å². The van der Waals surface area contributed by atoms with E-state index in [1.54, 1.807) is 0 Å². The number of aliphatic hydroxyl groups is 5. The lowest BCUT2D eigenvalue weighted by atomic mass is 10.1. The van der Waals surface area contributed by atoms with Crippen LogP contribution in [0.15, 0.2) is 12.2 Å². The first-order valence-corrected chi connectivity index (χ1v) is 25.3. The second-order valence-corrected chi connectivity index (χ2v) is 17.1. The molecule has 0 amide bonds. The molecule has 0 aromatic rings. The summed E-state index contributed by atoms with van der Waals surface area (Å²) < 4.78 is 62.9. The van der Waals surface area contributed by atoms with Crippen LogP contribution >= 0.6 is 0 Å². The fraction of sp³-hybridized carbons (Fsp3) is 0.939. The van der Waals surface area contributed by atoms with E-state index in [2.05, 4.69) is 19.1 Å². The van der Waals surface area contributed by atoms with E-state index in [-0.39, 0.29) is 111 Å². The van der Waals surface area contributed by atoms with Gasteiger partial charge in [0, 0.05) is 19.6 Å². The van der Waals surface area contributed by atoms with Crippen LogP contribution in [0.1, 0.15) is 130 Å². The fourth-order valence-electron chi connectivity index (χ4n) is 6.56. The zero-order valence-electron chi connectivity index (χ0n) is 41.2. The summed E-state index contributed by atoms with van der Waals surface area (Å²) in [4.78, 5) is 12.3. The topological polar surface area (TPSA) is 220 Å². The monoisotopic (exact) mass is 955 g/mol. The van der Waals surface area contributed by atoms with Crippen molar-refractivity contribution in [1.82, 2.24) is 0 Å². The van der Waals surface area contributed by atoms with Gasteiger partial charge in [-0.25, -0.2) is 0 Å². The summed E-state index contributed by atoms with van der Waals surface area (Å²) in [7, 11) is 0. The second kappa shape index (κ2) is 46.0. The van der Waals surface area contributed by atoms with Crippen molar-refractivity contribution in [3.05, 3.63) is 12.2 Å². The number of hydrogen-bond acceptors (Lipinski definition) is 17. The third-order valence-electron chi connectivity index (χ3n) is 10.8. The summed E-state index contributed by atoms with van der Waals surface area (Å²) in [5, 5.41) is 49.4. The van der Waals surface area contributed by atoms with Crippen LogP contribution in [0, 0.1) is 0 Å². The molecule has 0 saturated carbocycles. The highest BCUT2D eigenvalue weighted by molar-refractivity contribution is 5.69. The van der Waals surface area contributed by atoms with Crippen LogP contribution in [0.2, 0.25) is 0 Å². The Balaban J connectivity index is 2.39. The molecule has 0 aliphatic carbocycles. The molecule has 0 radical (unpaired) electrons. The van der Waals surface area contributed by atoms with Crippen LogP contribution in [-0.4, -0.2) is 199 Å². The van der Waals surface area contributed by atoms with Gasteiger partial charge in [-0.3, -0.25) is 4.79 Å². The molecule has 8 atom stereocenters. The predicted molar refractivity (Wildman–Crippen MR) is 251 cm³/mol. The van der Waals surface area contributed by atoms with Crippen molar-refractivity contribution in [3.8, 4) is 0 Å². The van der Waals surface area contributed by atoms with Gasteiger partial charge in [0.25, 0.3) is 0 Å². The summed E-state index contributed by atoms with van der Waals surface area (Å²) in [5.41, 5.74) is 0. The lowest BCUT2D eigenvalue weighted by Gasteiger charge is -2.29. The standard InChI is InChI=1S/C49H94O17/c1-4-7-8-9-10-11-12-13-14-15-16-17-18-19-20-22-49(55)65-40-44(27-50)64-32-43(54)31-59-35-46(62-24-21-23-56-29-41(52)5-2)34-57-25-26-63-47(36-58-30-42(53)6-3)37-61-39-48-38-60-33-45(28-51)66-48/h13-14,41-48,50-54H,4-12,15-40H2,1-3H3/b14-13-. The number of aliphatic hydroxyl groups excluding tert-OH is 5. The van der Waals surface area contributed by atoms with E-state index in [0.717, 1.165) is 38.5 Å². The van der Waals surface area contributed by atoms with Crippen molar-refractivity contribution in [1.29, 1.82) is 0 Å². The molecule has 0 aromatic heterocycles. The number of allylic oxidation sites excluding steroid dienone is 2. The molecule has 1 rings (SSSR count). The van der Waals surface area contributed by atoms with Crippen molar-refractivity contribution in [2.24, 2.45) is 0 Å². The van der Waals surface area contributed by atoms with Crippen LogP contribution in [-0.2, 0) is 56.9 Å². The second-order valence-electron chi connectivity index (χ2n) is 17.1. The van der Waals surface area contributed by atoms with E-state index in [1.807, 2.05) is 13.8 Å². The fourth-order valence-corrected chi connectivity index (χ4v) is 6.56. The van der Waals surface area contributed by atoms with Crippen molar-refractivity contribution >= 4 is 5.97 Å². The zero-order valence-corrected chi connectivity index (χ0v) is 41.2. The number of rotatable bonds is 49. The Labute approximate surface area is 397 Å². The molecule has 1 fully saturated rings. The van der Waals surface area contributed by atoms with Crippen LogP contribution < -0.4 is 0 Å². The highest BCUT2D eigenvalue weighted by atomic mass is 16.6. The Morgan fingerprint density at radius 3 is 1.76 bits per heavy atom. The van der Waals surface area contributed by atoms with Gasteiger partial charge in [0.1, 0.15) is 43.2 Å². The molecule has 66 heavy (non-hydrogen) atoms. The molecule has 1 saturated heterocycles. The van der Waals surface area contributed by atoms with Gasteiger partial charge < -0.3 is 77.6 Å². The van der Waals surface area contributed by atoms with Gasteiger partial charge in [-0.15, -0.1) is 0 Å². The number of carbonyl (C=O) groups is 1. The lowest BCUT2D eigenvalue weighted by Crippen LogP contribution is -2.41. The molecule has 0 aromatic carbocycles. The minimum atomic E-state index is -1.01. The Morgan fingerprint density at radius 1 is 0.545 bits per heavy atom. The molecule has 0 bridgehead atoms. The molecular weight excluding hydrogens is 861 g/mol. The Bertz CT molecular complexity index is 1070. The SMILES string of the molecule is CCCCCCCC/C=C\CCCCCCCC(=O)OCC(CO)OCC(O)COCC(COCCOC(COCC(O)CC)COCC1COCC(CO)O1)OCCCOCC(O)CC. The van der Waals surface area contributed by atoms with E-state index in [0.29, 0.717) is 52.1 Å². The molecule has 5 N–H and O–H groups in total. The van der Waals surface area contributed by atoms with Crippen molar-refractivity contribution < 1.29 is 82.4 Å². The first kappa shape index (κ1) is 62.6. The summed E-state index contributed by atoms with van der Waals surface area (Å²) >= 11 is 0. The van der Waals surface area contributed by atoms with E-state index in [4.69, 9.17) is 52.1 Å². The molecule has 1 heterocycles. The highest BCUT2D eigenvalue weighted by Gasteiger charge is 2.23. The third kappa shape index (κ3) is 38.5. The number of esters is 1. The summed E-state index contributed by atoms with van der Waals surface area (Å²) in [6.45, 7) is 8.49. The number of hydrogen-bond donors (Lipinski definition) is 5. The summed E-state index contributed by atoms with van der Waals surface area (Å²) in [6.07, 6.45) is 17.6. The van der Waals surface area contributed by atoms with Gasteiger partial charge in [0.15, 0.2) is 0 Å². The highest BCUT2D eigenvalue weighted by Crippen LogP contribution is 2.12. The van der Waals surface area contributed by atoms with Crippen LogP contribution in [0.4, 0.5) is 0 Å². The number of carbonyl (C=O) groups excluding carboxylic acids is 1. The average molecular weight is 955 g/mol. The number of ether oxygens (including phenoxy) is 11. The third-order valence-corrected chi connectivity index (χ3v) is 10.8. The van der Waals surface area contributed by atoms with Gasteiger partial charge in [-0.2, -0.15) is 0 Å². The van der Waals surface area contributed by atoms with Crippen LogP contribution in [0.5, 0.6) is 0 Å². The normalized spacial score (nSPS) is 18.4. The van der Waals surface area contributed by atoms with Gasteiger partial charge in [0.2, 0.25) is 0 Å². The van der Waals surface area contributed by atoms with Crippen molar-refractivity contribution in [3.63, 3.8) is 0 Å². The maximum atomic E-state index is 12.3. The first-order chi connectivity index (χ1) is 32.2. The Hall–Kier alpha value is -1.39. The maximum Gasteiger partial charge on any atom is 0.305 e. The zero-order chi connectivity index (χ0) is 48.1. The first-order valence-electron chi connectivity index (χ1n) is 25.3. The molecule has 0 spiro atoms. The van der Waals surface area contributed by atoms with Crippen molar-refractivity contribution in [2.45, 2.75) is 179 Å². The summed E-state index contributed by atoms with van der Waals surface area (Å²) in [6, 6.07) is 0. The Morgan fingerprint density at radius 2 is 1.11 bits per heavy atom.